The number of hydrogen-bond acceptors (Lipinski definition) is 3. The van der Waals surface area contributed by atoms with E-state index in [0.717, 1.165) is 5.56 Å². The molecule has 0 aliphatic carbocycles. The minimum atomic E-state index is -4.56. The van der Waals surface area contributed by atoms with Gasteiger partial charge in [-0.2, -0.15) is 13.2 Å². The molecule has 132 valence electrons. The van der Waals surface area contributed by atoms with E-state index in [1.54, 1.807) is 35.6 Å². The first-order valence-corrected chi connectivity index (χ1v) is 7.04. The van der Waals surface area contributed by atoms with Crippen LogP contribution < -0.4 is 10.6 Å². The highest BCUT2D eigenvalue weighted by atomic mass is 19.4. The van der Waals surface area contributed by atoms with E-state index in [2.05, 4.69) is 5.32 Å². The lowest BCUT2D eigenvalue weighted by Gasteiger charge is -2.14. The van der Waals surface area contributed by atoms with Gasteiger partial charge in [0.25, 0.3) is 0 Å². The molecule has 0 aliphatic rings. The number of alkyl halides is 3. The Morgan fingerprint density at radius 2 is 1.62 bits per heavy atom. The number of rotatable bonds is 8. The number of benzene rings is 1. The quantitative estimate of drug-likeness (QED) is 0.615. The largest absolute Gasteiger partial charge is 0.481 e. The number of carboxylic acid groups (broad SMARTS) is 1. The summed E-state index contributed by atoms with van der Waals surface area (Å²) in [6.07, 6.45) is -5.18. The molecule has 1 aromatic rings. The summed E-state index contributed by atoms with van der Waals surface area (Å²) in [4.78, 5) is 33.9. The number of amides is 2. The van der Waals surface area contributed by atoms with Gasteiger partial charge in [0.05, 0.1) is 5.92 Å². The van der Waals surface area contributed by atoms with E-state index in [1.807, 2.05) is 0 Å². The van der Waals surface area contributed by atoms with Gasteiger partial charge in [-0.1, -0.05) is 30.3 Å². The van der Waals surface area contributed by atoms with E-state index in [1.165, 1.54) is 0 Å². The van der Waals surface area contributed by atoms with Crippen molar-refractivity contribution in [3.05, 3.63) is 35.9 Å². The second-order valence-electron chi connectivity index (χ2n) is 5.10. The topological polar surface area (TPSA) is 95.5 Å². The van der Waals surface area contributed by atoms with Crippen LogP contribution in [0.5, 0.6) is 0 Å². The fraction of sp³-hybridized carbons (Fsp3) is 0.400. The van der Waals surface area contributed by atoms with Gasteiger partial charge in [-0.25, -0.2) is 0 Å². The highest BCUT2D eigenvalue weighted by Crippen LogP contribution is 2.12. The molecule has 1 rings (SSSR count). The number of carbonyl (C=O) groups excluding carboxylic acids is 2. The van der Waals surface area contributed by atoms with Crippen molar-refractivity contribution in [3.8, 4) is 0 Å². The van der Waals surface area contributed by atoms with Crippen LogP contribution in [0.15, 0.2) is 30.3 Å². The first-order chi connectivity index (χ1) is 11.2. The first kappa shape index (κ1) is 19.5. The summed E-state index contributed by atoms with van der Waals surface area (Å²) >= 11 is 0. The highest BCUT2D eigenvalue weighted by molar-refractivity contribution is 5.96. The van der Waals surface area contributed by atoms with Crippen LogP contribution in [0.25, 0.3) is 0 Å². The average molecular weight is 346 g/mol. The van der Waals surface area contributed by atoms with Crippen LogP contribution in [0.2, 0.25) is 0 Å². The molecule has 2 amide bonds. The van der Waals surface area contributed by atoms with Gasteiger partial charge in [-0.3, -0.25) is 14.4 Å². The summed E-state index contributed by atoms with van der Waals surface area (Å²) < 4.78 is 35.8. The minimum Gasteiger partial charge on any atom is -0.481 e. The molecule has 0 aromatic heterocycles. The van der Waals surface area contributed by atoms with E-state index in [4.69, 9.17) is 5.11 Å². The van der Waals surface area contributed by atoms with Gasteiger partial charge in [-0.05, 0) is 12.0 Å². The second kappa shape index (κ2) is 8.90. The molecule has 0 fully saturated rings. The van der Waals surface area contributed by atoms with E-state index in [0.29, 0.717) is 0 Å². The number of nitrogens with one attached hydrogen (secondary N) is 2. The Bertz CT molecular complexity index is 576. The molecule has 9 heteroatoms. The number of halogens is 3. The molecule has 0 heterocycles. The van der Waals surface area contributed by atoms with Crippen molar-refractivity contribution in [1.29, 1.82) is 0 Å². The molecule has 0 saturated carbocycles. The van der Waals surface area contributed by atoms with Crippen molar-refractivity contribution in [2.45, 2.75) is 19.0 Å². The van der Waals surface area contributed by atoms with E-state index >= 15 is 0 Å². The summed E-state index contributed by atoms with van der Waals surface area (Å²) in [5, 5.41) is 13.0. The monoisotopic (exact) mass is 346 g/mol. The van der Waals surface area contributed by atoms with Crippen molar-refractivity contribution in [2.75, 3.05) is 13.1 Å². The zero-order chi connectivity index (χ0) is 18.2. The van der Waals surface area contributed by atoms with Gasteiger partial charge in [0, 0.05) is 6.54 Å². The molecular formula is C15H17F3N2O4. The second-order valence-corrected chi connectivity index (χ2v) is 5.10. The number of aliphatic carboxylic acids is 1. The van der Waals surface area contributed by atoms with Crippen LogP contribution in [0.1, 0.15) is 12.0 Å². The molecule has 0 saturated heterocycles. The molecule has 1 aromatic carbocycles. The Kier molecular flexibility index (Phi) is 7.22. The molecule has 24 heavy (non-hydrogen) atoms. The summed E-state index contributed by atoms with van der Waals surface area (Å²) in [7, 11) is 0. The fourth-order valence-electron chi connectivity index (χ4n) is 1.85. The van der Waals surface area contributed by atoms with Gasteiger partial charge in [0.15, 0.2) is 0 Å². The van der Waals surface area contributed by atoms with E-state index in [-0.39, 0.29) is 13.0 Å². The Morgan fingerprint density at radius 1 is 1.04 bits per heavy atom. The maximum atomic E-state index is 11.9. The lowest BCUT2D eigenvalue weighted by atomic mass is 9.99. The van der Waals surface area contributed by atoms with Crippen molar-refractivity contribution in [3.63, 3.8) is 0 Å². The smallest absolute Gasteiger partial charge is 0.405 e. The van der Waals surface area contributed by atoms with Gasteiger partial charge in [-0.15, -0.1) is 0 Å². The number of carbonyl (C=O) groups is 3. The lowest BCUT2D eigenvalue weighted by molar-refractivity contribution is -0.142. The van der Waals surface area contributed by atoms with Crippen LogP contribution in [-0.4, -0.2) is 42.2 Å². The molecule has 3 N–H and O–H groups in total. The van der Waals surface area contributed by atoms with Gasteiger partial charge in [0.2, 0.25) is 11.8 Å². The first-order valence-electron chi connectivity index (χ1n) is 7.04. The van der Waals surface area contributed by atoms with Gasteiger partial charge < -0.3 is 15.7 Å². The van der Waals surface area contributed by atoms with Crippen LogP contribution in [0.3, 0.4) is 0 Å². The minimum absolute atomic E-state index is 0.177. The third-order valence-corrected chi connectivity index (χ3v) is 3.03. The molecule has 0 aliphatic heterocycles. The normalized spacial score (nSPS) is 12.3. The van der Waals surface area contributed by atoms with Gasteiger partial charge in [0.1, 0.15) is 13.0 Å². The maximum absolute atomic E-state index is 11.9. The van der Waals surface area contributed by atoms with Crippen molar-refractivity contribution in [1.82, 2.24) is 10.6 Å². The molecule has 6 nitrogen and oxygen atoms in total. The maximum Gasteiger partial charge on any atom is 0.405 e. The summed E-state index contributed by atoms with van der Waals surface area (Å²) in [6, 6.07) is 8.75. The van der Waals surface area contributed by atoms with E-state index in [9.17, 15) is 27.6 Å². The summed E-state index contributed by atoms with van der Waals surface area (Å²) in [5.41, 5.74) is 0.766. The van der Waals surface area contributed by atoms with E-state index < -0.39 is 42.8 Å². The Hall–Kier alpha value is -2.58. The van der Waals surface area contributed by atoms with Crippen molar-refractivity contribution < 1.29 is 32.7 Å². The van der Waals surface area contributed by atoms with Crippen LogP contribution in [0, 0.1) is 5.92 Å². The summed E-state index contributed by atoms with van der Waals surface area (Å²) in [6.45, 7) is -1.75. The Morgan fingerprint density at radius 3 is 2.17 bits per heavy atom. The van der Waals surface area contributed by atoms with Crippen molar-refractivity contribution >= 4 is 17.8 Å². The molecule has 1 unspecified atom stereocenters. The third-order valence-electron chi connectivity index (χ3n) is 3.03. The molecule has 1 atom stereocenters. The number of hydrogen-bond donors (Lipinski definition) is 3. The zero-order valence-corrected chi connectivity index (χ0v) is 12.6. The number of carboxylic acids is 1. The molecule has 0 bridgehead atoms. The van der Waals surface area contributed by atoms with Crippen LogP contribution in [0.4, 0.5) is 13.2 Å². The average Bonchev–Trinajstić information content (AvgIpc) is 2.49. The third kappa shape index (κ3) is 8.16. The predicted octanol–water partition coefficient (Wildman–Crippen LogP) is 1.11. The predicted molar refractivity (Wildman–Crippen MR) is 78.0 cm³/mol. The van der Waals surface area contributed by atoms with Gasteiger partial charge >= 0.3 is 12.1 Å². The molecule has 0 spiro atoms. The van der Waals surface area contributed by atoms with Crippen LogP contribution in [-0.2, 0) is 20.8 Å². The SMILES string of the molecule is O=C(CC(=O)NCC(F)(F)F)NCC(Cc1ccccc1)C(=O)O. The van der Waals surface area contributed by atoms with Crippen LogP contribution >= 0.6 is 0 Å². The molecular weight excluding hydrogens is 329 g/mol. The highest BCUT2D eigenvalue weighted by Gasteiger charge is 2.28. The molecule has 0 radical (unpaired) electrons. The fourth-order valence-corrected chi connectivity index (χ4v) is 1.85. The Labute approximate surface area is 136 Å². The standard InChI is InChI=1S/C15H17F3N2O4/c16-15(17,18)9-20-13(22)7-12(21)19-8-11(14(23)24)6-10-4-2-1-3-5-10/h1-5,11H,6-9H2,(H,19,21)(H,20,22)(H,23,24). The van der Waals surface area contributed by atoms with Crippen molar-refractivity contribution in [2.24, 2.45) is 5.92 Å². The summed E-state index contributed by atoms with van der Waals surface area (Å²) in [5.74, 6) is -3.95. The Balaban J connectivity index is 2.42. The zero-order valence-electron chi connectivity index (χ0n) is 12.6. The lowest BCUT2D eigenvalue weighted by Crippen LogP contribution is -2.39.